The van der Waals surface area contributed by atoms with E-state index < -0.39 is 10.0 Å². The molecule has 0 saturated heterocycles. The molecule has 0 aliphatic heterocycles. The number of para-hydroxylation sites is 1. The maximum absolute atomic E-state index is 12.2. The molecule has 108 valence electrons. The van der Waals surface area contributed by atoms with Gasteiger partial charge in [0.1, 0.15) is 4.90 Å². The Balaban J connectivity index is 3.01. The quantitative estimate of drug-likeness (QED) is 0.676. The summed E-state index contributed by atoms with van der Waals surface area (Å²) < 4.78 is 27.0. The van der Waals surface area contributed by atoms with Crippen LogP contribution in [0.3, 0.4) is 0 Å². The summed E-state index contributed by atoms with van der Waals surface area (Å²) in [5.41, 5.74) is 6.24. The molecule has 1 aromatic carbocycles. The van der Waals surface area contributed by atoms with Crippen molar-refractivity contribution in [1.82, 2.24) is 4.72 Å². The van der Waals surface area contributed by atoms with Gasteiger partial charge in [-0.15, -0.1) is 0 Å². The lowest BCUT2D eigenvalue weighted by molar-refractivity contribution is 0.580. The van der Waals surface area contributed by atoms with Gasteiger partial charge < -0.3 is 11.1 Å². The van der Waals surface area contributed by atoms with Gasteiger partial charge in [0, 0.05) is 19.1 Å². The lowest BCUT2D eigenvalue weighted by atomic mass is 10.2. The Morgan fingerprint density at radius 3 is 2.53 bits per heavy atom. The van der Waals surface area contributed by atoms with Crippen LogP contribution < -0.4 is 15.8 Å². The van der Waals surface area contributed by atoms with Crippen LogP contribution >= 0.6 is 0 Å². The molecule has 0 fully saturated rings. The van der Waals surface area contributed by atoms with E-state index in [1.807, 2.05) is 19.9 Å². The molecule has 0 bridgehead atoms. The van der Waals surface area contributed by atoms with Crippen LogP contribution in [0.25, 0.3) is 0 Å². The van der Waals surface area contributed by atoms with Gasteiger partial charge in [0.2, 0.25) is 10.0 Å². The van der Waals surface area contributed by atoms with Crippen LogP contribution in [0.1, 0.15) is 26.7 Å². The lowest BCUT2D eigenvalue weighted by Gasteiger charge is -2.19. The fourth-order valence-electron chi connectivity index (χ4n) is 1.68. The first kappa shape index (κ1) is 15.9. The minimum atomic E-state index is -3.47. The van der Waals surface area contributed by atoms with Crippen molar-refractivity contribution in [3.8, 4) is 0 Å². The molecular weight excluding hydrogens is 262 g/mol. The molecule has 4 N–H and O–H groups in total. The van der Waals surface area contributed by atoms with Crippen molar-refractivity contribution in [2.45, 2.75) is 37.6 Å². The van der Waals surface area contributed by atoms with Crippen molar-refractivity contribution >= 4 is 15.7 Å². The summed E-state index contributed by atoms with van der Waals surface area (Å²) in [6, 6.07) is 6.96. The number of hydrogen-bond donors (Lipinski definition) is 3. The van der Waals surface area contributed by atoms with Gasteiger partial charge in [0.25, 0.3) is 0 Å². The van der Waals surface area contributed by atoms with Crippen LogP contribution in [0.4, 0.5) is 5.69 Å². The normalized spacial score (nSPS) is 13.2. The maximum atomic E-state index is 12.2. The van der Waals surface area contributed by atoms with Crippen LogP contribution in [0.2, 0.25) is 0 Å². The van der Waals surface area contributed by atoms with E-state index >= 15 is 0 Å². The molecule has 19 heavy (non-hydrogen) atoms. The minimum absolute atomic E-state index is 0.0718. The summed E-state index contributed by atoms with van der Waals surface area (Å²) in [6.45, 7) is 4.84. The van der Waals surface area contributed by atoms with E-state index in [-0.39, 0.29) is 10.9 Å². The molecule has 0 radical (unpaired) electrons. The van der Waals surface area contributed by atoms with Gasteiger partial charge in [0.05, 0.1) is 5.69 Å². The fraction of sp³-hybridized carbons (Fsp3) is 0.538. The Kier molecular flexibility index (Phi) is 6.27. The topological polar surface area (TPSA) is 84.2 Å². The maximum Gasteiger partial charge on any atom is 0.242 e. The number of nitrogens with one attached hydrogen (secondary N) is 2. The Hall–Kier alpha value is -1.11. The molecule has 1 aromatic rings. The summed E-state index contributed by atoms with van der Waals surface area (Å²) in [4.78, 5) is 0.273. The number of hydrogen-bond acceptors (Lipinski definition) is 4. The molecule has 1 atom stereocenters. The van der Waals surface area contributed by atoms with Crippen LogP contribution in [0.15, 0.2) is 29.2 Å². The van der Waals surface area contributed by atoms with E-state index in [9.17, 15) is 8.42 Å². The molecule has 0 aromatic heterocycles. The second-order valence-corrected chi connectivity index (χ2v) is 6.11. The first-order valence-corrected chi connectivity index (χ1v) is 8.08. The molecule has 1 unspecified atom stereocenters. The highest BCUT2D eigenvalue weighted by atomic mass is 32.2. The van der Waals surface area contributed by atoms with Gasteiger partial charge in [-0.05, 0) is 25.0 Å². The molecule has 0 aliphatic rings. The summed E-state index contributed by atoms with van der Waals surface area (Å²) in [7, 11) is -3.47. The Bertz CT molecular complexity index is 484. The second kappa shape index (κ2) is 7.47. The number of sulfonamides is 1. The number of rotatable bonds is 8. The smallest absolute Gasteiger partial charge is 0.242 e. The molecule has 6 heteroatoms. The van der Waals surface area contributed by atoms with Crippen molar-refractivity contribution in [1.29, 1.82) is 0 Å². The predicted molar refractivity (Wildman–Crippen MR) is 78.7 cm³/mol. The van der Waals surface area contributed by atoms with Crippen LogP contribution in [0, 0.1) is 0 Å². The zero-order valence-corrected chi connectivity index (χ0v) is 12.3. The number of benzene rings is 1. The number of nitrogens with two attached hydrogens (primary N) is 1. The standard InChI is InChI=1S/C13H23N3O2S/c1-3-9-15-19(17,18)13-8-6-5-7-12(13)16-11(4-2)10-14/h5-8,11,15-16H,3-4,9-10,14H2,1-2H3. The highest BCUT2D eigenvalue weighted by Gasteiger charge is 2.18. The molecule has 0 amide bonds. The van der Waals surface area contributed by atoms with Crippen LogP contribution in [-0.4, -0.2) is 27.5 Å². The summed E-state index contributed by atoms with van der Waals surface area (Å²) in [6.07, 6.45) is 1.60. The van der Waals surface area contributed by atoms with Gasteiger partial charge in [-0.1, -0.05) is 26.0 Å². The summed E-state index contributed by atoms with van der Waals surface area (Å²) in [5, 5.41) is 3.19. The zero-order chi connectivity index (χ0) is 14.3. The SMILES string of the molecule is CCCNS(=O)(=O)c1ccccc1NC(CC)CN. The third-order valence-corrected chi connectivity index (χ3v) is 4.37. The fourth-order valence-corrected chi connectivity index (χ4v) is 2.98. The average Bonchev–Trinajstić information content (AvgIpc) is 2.43. The number of anilines is 1. The van der Waals surface area contributed by atoms with E-state index in [1.54, 1.807) is 18.2 Å². The predicted octanol–water partition coefficient (Wildman–Crippen LogP) is 1.52. The van der Waals surface area contributed by atoms with E-state index in [0.717, 1.165) is 12.8 Å². The van der Waals surface area contributed by atoms with Gasteiger partial charge in [-0.25, -0.2) is 13.1 Å². The zero-order valence-electron chi connectivity index (χ0n) is 11.5. The average molecular weight is 285 g/mol. The Morgan fingerprint density at radius 1 is 1.26 bits per heavy atom. The Morgan fingerprint density at radius 2 is 1.95 bits per heavy atom. The third kappa shape index (κ3) is 4.49. The molecule has 5 nitrogen and oxygen atoms in total. The second-order valence-electron chi connectivity index (χ2n) is 4.38. The largest absolute Gasteiger partial charge is 0.380 e. The molecule has 0 spiro atoms. The molecule has 0 heterocycles. The van der Waals surface area contributed by atoms with E-state index in [1.165, 1.54) is 0 Å². The van der Waals surface area contributed by atoms with E-state index in [4.69, 9.17) is 5.73 Å². The lowest BCUT2D eigenvalue weighted by Crippen LogP contribution is -2.30. The van der Waals surface area contributed by atoms with Gasteiger partial charge in [-0.3, -0.25) is 0 Å². The first-order chi connectivity index (χ1) is 9.05. The third-order valence-electron chi connectivity index (χ3n) is 2.86. The van der Waals surface area contributed by atoms with Crippen molar-refractivity contribution in [2.24, 2.45) is 5.73 Å². The van der Waals surface area contributed by atoms with Gasteiger partial charge in [0.15, 0.2) is 0 Å². The summed E-state index contributed by atoms with van der Waals surface area (Å²) in [5.74, 6) is 0. The highest BCUT2D eigenvalue weighted by Crippen LogP contribution is 2.21. The van der Waals surface area contributed by atoms with Crippen molar-refractivity contribution in [2.75, 3.05) is 18.4 Å². The summed E-state index contributed by atoms with van der Waals surface area (Å²) >= 11 is 0. The van der Waals surface area contributed by atoms with E-state index in [0.29, 0.717) is 18.8 Å². The van der Waals surface area contributed by atoms with E-state index in [2.05, 4.69) is 10.0 Å². The molecule has 0 saturated carbocycles. The minimum Gasteiger partial charge on any atom is -0.380 e. The molecular formula is C13H23N3O2S. The monoisotopic (exact) mass is 285 g/mol. The van der Waals surface area contributed by atoms with Crippen LogP contribution in [-0.2, 0) is 10.0 Å². The molecule has 0 aliphatic carbocycles. The van der Waals surface area contributed by atoms with Crippen molar-refractivity contribution in [3.05, 3.63) is 24.3 Å². The van der Waals surface area contributed by atoms with Crippen molar-refractivity contribution in [3.63, 3.8) is 0 Å². The van der Waals surface area contributed by atoms with Gasteiger partial charge >= 0.3 is 0 Å². The first-order valence-electron chi connectivity index (χ1n) is 6.60. The molecule has 1 rings (SSSR count). The Labute approximate surface area is 115 Å². The van der Waals surface area contributed by atoms with Gasteiger partial charge in [-0.2, -0.15) is 0 Å². The van der Waals surface area contributed by atoms with Crippen LogP contribution in [0.5, 0.6) is 0 Å². The van der Waals surface area contributed by atoms with Crippen molar-refractivity contribution < 1.29 is 8.42 Å². The highest BCUT2D eigenvalue weighted by molar-refractivity contribution is 7.89.